The number of aliphatic hydroxyl groups is 2. The van der Waals surface area contributed by atoms with Gasteiger partial charge in [0.1, 0.15) is 11.9 Å². The Kier molecular flexibility index (Phi) is 5.23. The highest BCUT2D eigenvalue weighted by molar-refractivity contribution is 6.03. The van der Waals surface area contributed by atoms with Crippen molar-refractivity contribution in [3.63, 3.8) is 0 Å². The maximum Gasteiger partial charge on any atom is 0.302 e. The van der Waals surface area contributed by atoms with Crippen LogP contribution < -0.4 is 9.64 Å². The summed E-state index contributed by atoms with van der Waals surface area (Å²) in [6.45, 7) is 2.37. The van der Waals surface area contributed by atoms with Gasteiger partial charge in [-0.3, -0.25) is 9.59 Å². The summed E-state index contributed by atoms with van der Waals surface area (Å²) in [6, 6.07) is 6.14. The number of amides is 1. The number of anilines is 1. The zero-order valence-electron chi connectivity index (χ0n) is 13.3. The summed E-state index contributed by atoms with van der Waals surface area (Å²) in [4.78, 5) is 25.0. The molecule has 1 amide bonds. The average molecular weight is 323 g/mol. The van der Waals surface area contributed by atoms with Crippen LogP contribution in [0.4, 0.5) is 5.69 Å². The molecule has 1 aromatic carbocycles. The van der Waals surface area contributed by atoms with Gasteiger partial charge in [-0.1, -0.05) is 0 Å². The molecule has 7 heteroatoms. The molecule has 0 aromatic heterocycles. The SMILES string of the molecule is COc1ccc(N2C(=O)[C@H]([C@@H](C)OC(C)=O)[C@H]2[C@H](O)CO)cc1. The van der Waals surface area contributed by atoms with E-state index in [1.54, 1.807) is 38.3 Å². The van der Waals surface area contributed by atoms with Crippen molar-refractivity contribution in [1.82, 2.24) is 0 Å². The lowest BCUT2D eigenvalue weighted by Crippen LogP contribution is -2.69. The monoisotopic (exact) mass is 323 g/mol. The molecule has 1 aliphatic heterocycles. The Morgan fingerprint density at radius 1 is 1.35 bits per heavy atom. The summed E-state index contributed by atoms with van der Waals surface area (Å²) in [5.41, 5.74) is 0.583. The van der Waals surface area contributed by atoms with E-state index in [-0.39, 0.29) is 5.91 Å². The van der Waals surface area contributed by atoms with Crippen LogP contribution in [0.25, 0.3) is 0 Å². The van der Waals surface area contributed by atoms with Gasteiger partial charge in [-0.25, -0.2) is 0 Å². The molecule has 1 aliphatic rings. The third kappa shape index (κ3) is 3.30. The fraction of sp³-hybridized carbons (Fsp3) is 0.500. The molecule has 0 spiro atoms. The highest BCUT2D eigenvalue weighted by Gasteiger charge is 2.54. The number of carbonyl (C=O) groups excluding carboxylic acids is 2. The molecule has 0 unspecified atom stereocenters. The van der Waals surface area contributed by atoms with E-state index in [9.17, 15) is 19.8 Å². The molecule has 23 heavy (non-hydrogen) atoms. The molecular weight excluding hydrogens is 302 g/mol. The maximum absolute atomic E-state index is 12.5. The second kappa shape index (κ2) is 6.97. The number of rotatable bonds is 6. The van der Waals surface area contributed by atoms with E-state index >= 15 is 0 Å². The smallest absolute Gasteiger partial charge is 0.302 e. The second-order valence-corrected chi connectivity index (χ2v) is 5.49. The van der Waals surface area contributed by atoms with E-state index in [0.29, 0.717) is 11.4 Å². The van der Waals surface area contributed by atoms with Gasteiger partial charge >= 0.3 is 5.97 Å². The van der Waals surface area contributed by atoms with Crippen molar-refractivity contribution in [2.75, 3.05) is 18.6 Å². The van der Waals surface area contributed by atoms with Gasteiger partial charge in [0.05, 0.1) is 31.8 Å². The lowest BCUT2D eigenvalue weighted by Gasteiger charge is -2.50. The first-order valence-electron chi connectivity index (χ1n) is 7.34. The summed E-state index contributed by atoms with van der Waals surface area (Å²) in [7, 11) is 1.54. The number of esters is 1. The van der Waals surface area contributed by atoms with Gasteiger partial charge in [0.2, 0.25) is 5.91 Å². The molecule has 126 valence electrons. The molecule has 2 rings (SSSR count). The van der Waals surface area contributed by atoms with E-state index in [1.807, 2.05) is 0 Å². The van der Waals surface area contributed by atoms with Crippen molar-refractivity contribution >= 4 is 17.6 Å². The predicted octanol–water partition coefficient (Wildman–Crippen LogP) is 0.331. The van der Waals surface area contributed by atoms with Gasteiger partial charge in [0, 0.05) is 12.6 Å². The van der Waals surface area contributed by atoms with Crippen LogP contribution in [0.1, 0.15) is 13.8 Å². The van der Waals surface area contributed by atoms with E-state index in [0.717, 1.165) is 0 Å². The normalized spacial score (nSPS) is 23.0. The molecule has 0 radical (unpaired) electrons. The summed E-state index contributed by atoms with van der Waals surface area (Å²) in [6.07, 6.45) is -1.81. The lowest BCUT2D eigenvalue weighted by atomic mass is 9.79. The Hall–Kier alpha value is -2.12. The Balaban J connectivity index is 2.25. The summed E-state index contributed by atoms with van der Waals surface area (Å²) in [5.74, 6) is -0.805. The molecular formula is C16H21NO6. The van der Waals surface area contributed by atoms with Gasteiger partial charge < -0.3 is 24.6 Å². The molecule has 1 aromatic rings. The highest BCUT2D eigenvalue weighted by atomic mass is 16.5. The number of methoxy groups -OCH3 is 1. The van der Waals surface area contributed by atoms with E-state index < -0.39 is 36.7 Å². The molecule has 0 bridgehead atoms. The maximum atomic E-state index is 12.5. The second-order valence-electron chi connectivity index (χ2n) is 5.49. The van der Waals surface area contributed by atoms with Crippen LogP contribution in [-0.2, 0) is 14.3 Å². The molecule has 7 nitrogen and oxygen atoms in total. The van der Waals surface area contributed by atoms with Crippen molar-refractivity contribution in [3.8, 4) is 5.75 Å². The highest BCUT2D eigenvalue weighted by Crippen LogP contribution is 2.38. The predicted molar refractivity (Wildman–Crippen MR) is 82.1 cm³/mol. The number of benzene rings is 1. The summed E-state index contributed by atoms with van der Waals surface area (Å²) < 4.78 is 10.1. The first-order valence-corrected chi connectivity index (χ1v) is 7.34. The van der Waals surface area contributed by atoms with Crippen LogP contribution in [-0.4, -0.2) is 54.1 Å². The minimum Gasteiger partial charge on any atom is -0.497 e. The standard InChI is InChI=1S/C16H21NO6/c1-9(23-10(2)19)14-15(13(20)8-18)17(16(14)21)11-4-6-12(22-3)7-5-11/h4-7,9,13-15,18,20H,8H2,1-3H3/t9-,13-,14-,15-/m1/s1. The van der Waals surface area contributed by atoms with Crippen molar-refractivity contribution in [1.29, 1.82) is 0 Å². The molecule has 1 heterocycles. The fourth-order valence-electron chi connectivity index (χ4n) is 2.91. The van der Waals surface area contributed by atoms with Gasteiger partial charge in [-0.15, -0.1) is 0 Å². The summed E-state index contributed by atoms with van der Waals surface area (Å²) >= 11 is 0. The number of ether oxygens (including phenoxy) is 2. The number of nitrogens with zero attached hydrogens (tertiary/aromatic N) is 1. The van der Waals surface area contributed by atoms with Crippen LogP contribution in [0.3, 0.4) is 0 Å². The zero-order chi connectivity index (χ0) is 17.1. The van der Waals surface area contributed by atoms with Crippen molar-refractivity contribution < 1.29 is 29.3 Å². The number of aliphatic hydroxyl groups excluding tert-OH is 2. The van der Waals surface area contributed by atoms with Gasteiger partial charge in [-0.2, -0.15) is 0 Å². The largest absolute Gasteiger partial charge is 0.497 e. The van der Waals surface area contributed by atoms with Gasteiger partial charge in [0.25, 0.3) is 0 Å². The Morgan fingerprint density at radius 2 is 1.96 bits per heavy atom. The molecule has 0 aliphatic carbocycles. The Labute approximate surface area is 134 Å². The molecule has 4 atom stereocenters. The van der Waals surface area contributed by atoms with Crippen LogP contribution in [0.2, 0.25) is 0 Å². The van der Waals surface area contributed by atoms with Crippen LogP contribution in [0, 0.1) is 5.92 Å². The fourth-order valence-corrected chi connectivity index (χ4v) is 2.91. The lowest BCUT2D eigenvalue weighted by molar-refractivity contribution is -0.156. The minimum absolute atomic E-state index is 0.263. The van der Waals surface area contributed by atoms with Gasteiger partial charge in [-0.05, 0) is 31.2 Å². The zero-order valence-corrected chi connectivity index (χ0v) is 13.3. The van der Waals surface area contributed by atoms with Crippen molar-refractivity contribution in [3.05, 3.63) is 24.3 Å². The Bertz CT molecular complexity index is 572. The molecule has 2 N–H and O–H groups in total. The van der Waals surface area contributed by atoms with Crippen molar-refractivity contribution in [2.24, 2.45) is 5.92 Å². The number of hydrogen-bond donors (Lipinski definition) is 2. The molecule has 1 saturated heterocycles. The average Bonchev–Trinajstić information content (AvgIpc) is 2.51. The van der Waals surface area contributed by atoms with Crippen LogP contribution in [0.5, 0.6) is 5.75 Å². The minimum atomic E-state index is -1.13. The van der Waals surface area contributed by atoms with E-state index in [4.69, 9.17) is 9.47 Å². The first kappa shape index (κ1) is 17.2. The van der Waals surface area contributed by atoms with Crippen molar-refractivity contribution in [2.45, 2.75) is 32.1 Å². The van der Waals surface area contributed by atoms with E-state index in [2.05, 4.69) is 0 Å². The van der Waals surface area contributed by atoms with E-state index in [1.165, 1.54) is 11.8 Å². The Morgan fingerprint density at radius 3 is 2.43 bits per heavy atom. The quantitative estimate of drug-likeness (QED) is 0.578. The van der Waals surface area contributed by atoms with Gasteiger partial charge in [0.15, 0.2) is 0 Å². The van der Waals surface area contributed by atoms with Crippen LogP contribution >= 0.6 is 0 Å². The third-order valence-electron chi connectivity index (χ3n) is 3.98. The molecule has 1 fully saturated rings. The number of carbonyl (C=O) groups is 2. The number of β-lactam (4-membered cyclic amide) rings is 1. The summed E-state index contributed by atoms with van der Waals surface area (Å²) in [5, 5.41) is 19.3. The first-order chi connectivity index (χ1) is 10.9. The number of hydrogen-bond acceptors (Lipinski definition) is 6. The topological polar surface area (TPSA) is 96.3 Å². The molecule has 0 saturated carbocycles. The van der Waals surface area contributed by atoms with Crippen LogP contribution in [0.15, 0.2) is 24.3 Å². The third-order valence-corrected chi connectivity index (χ3v) is 3.98.